The van der Waals surface area contributed by atoms with Crippen molar-refractivity contribution in [3.05, 3.63) is 85.1 Å². The molecule has 0 aromatic heterocycles. The van der Waals surface area contributed by atoms with Crippen LogP contribution >= 0.6 is 7.82 Å². The third kappa shape index (κ3) is 55.9. The number of rotatable bonds is 56. The molecule has 3 atom stereocenters. The van der Waals surface area contributed by atoms with Crippen LogP contribution < -0.4 is 10.2 Å². The van der Waals surface area contributed by atoms with E-state index in [0.717, 1.165) is 96.3 Å². The molecule has 1 amide bonds. The molecule has 0 fully saturated rings. The summed E-state index contributed by atoms with van der Waals surface area (Å²) in [6.07, 6.45) is 72.6. The number of allylic oxidation sites excluding steroid dienone is 13. The normalized spacial score (nSPS) is 14.2. The van der Waals surface area contributed by atoms with Gasteiger partial charge in [0.05, 0.1) is 33.8 Å². The van der Waals surface area contributed by atoms with Crippen LogP contribution in [0.2, 0.25) is 0 Å². The zero-order valence-electron chi connectivity index (χ0n) is 50.2. The Hall–Kier alpha value is -2.81. The lowest BCUT2D eigenvalue weighted by atomic mass is 10.0. The molecule has 0 radical (unpaired) electrons. The number of carbonyl (C=O) groups is 2. The van der Waals surface area contributed by atoms with Gasteiger partial charge in [0.2, 0.25) is 5.91 Å². The molecule has 440 valence electrons. The molecule has 1 N–H and O–H groups in total. The van der Waals surface area contributed by atoms with E-state index in [1.54, 1.807) is 0 Å². The number of esters is 1. The molecule has 9 nitrogen and oxygen atoms in total. The summed E-state index contributed by atoms with van der Waals surface area (Å²) in [4.78, 5) is 40.0. The molecule has 0 aliphatic carbocycles. The quantitative estimate of drug-likeness (QED) is 0.0161. The van der Waals surface area contributed by atoms with E-state index in [0.29, 0.717) is 23.9 Å². The number of nitrogens with one attached hydrogen (secondary N) is 1. The predicted molar refractivity (Wildman–Crippen MR) is 325 cm³/mol. The highest BCUT2D eigenvalue weighted by molar-refractivity contribution is 7.45. The van der Waals surface area contributed by atoms with Gasteiger partial charge in [0.25, 0.3) is 7.82 Å². The highest BCUT2D eigenvalue weighted by atomic mass is 31.2. The first-order chi connectivity index (χ1) is 36.9. The summed E-state index contributed by atoms with van der Waals surface area (Å²) < 4.78 is 30.3. The summed E-state index contributed by atoms with van der Waals surface area (Å²) in [6, 6.07) is -0.914. The summed E-state index contributed by atoms with van der Waals surface area (Å²) in [5.74, 6) is -0.593. The van der Waals surface area contributed by atoms with Crippen molar-refractivity contribution in [3.8, 4) is 0 Å². The summed E-state index contributed by atoms with van der Waals surface area (Å²) in [5, 5.41) is 3.01. The van der Waals surface area contributed by atoms with Crippen molar-refractivity contribution in [1.82, 2.24) is 5.32 Å². The molecular formula is C66H119N2O7P. The average molecular weight is 1080 g/mol. The van der Waals surface area contributed by atoms with Gasteiger partial charge in [-0.1, -0.05) is 241 Å². The SMILES string of the molecule is CCCCC/C=C\C/C=C\C/C=C\C/C=C\CCCCCCCC(=O)OC(/C=C/CCCCCCCCCCCCC)C(COP(=O)([O-])OCC[N+](C)(C)C)NC(=O)CCCCC/C=C/C=C/CCCCCCCCC. The Labute approximate surface area is 469 Å². The van der Waals surface area contributed by atoms with E-state index in [1.165, 1.54) is 128 Å². The van der Waals surface area contributed by atoms with Crippen molar-refractivity contribution in [2.24, 2.45) is 0 Å². The van der Waals surface area contributed by atoms with Crippen molar-refractivity contribution in [3.63, 3.8) is 0 Å². The molecule has 0 saturated heterocycles. The lowest BCUT2D eigenvalue weighted by Crippen LogP contribution is -2.47. The fourth-order valence-electron chi connectivity index (χ4n) is 8.67. The van der Waals surface area contributed by atoms with Crippen molar-refractivity contribution in [1.29, 1.82) is 0 Å². The zero-order chi connectivity index (χ0) is 55.7. The monoisotopic (exact) mass is 1080 g/mol. The van der Waals surface area contributed by atoms with Crippen LogP contribution in [0.25, 0.3) is 0 Å². The van der Waals surface area contributed by atoms with Gasteiger partial charge in [-0.25, -0.2) is 0 Å². The van der Waals surface area contributed by atoms with Crippen LogP contribution in [0.5, 0.6) is 0 Å². The van der Waals surface area contributed by atoms with Crippen molar-refractivity contribution in [2.45, 2.75) is 283 Å². The Morgan fingerprint density at radius 3 is 1.32 bits per heavy atom. The Morgan fingerprint density at radius 2 is 0.842 bits per heavy atom. The molecule has 0 rings (SSSR count). The standard InChI is InChI=1S/C66H119N2O7P/c1-7-10-13-16-19-22-25-28-30-32-33-34-35-36-38-41-44-47-50-53-56-59-66(70)75-64(57-54-51-48-45-42-39-27-24-21-18-15-12-9-3)63(62-74-76(71,72)73-61-60-68(4,5)6)67-65(69)58-55-52-49-46-43-40-37-31-29-26-23-20-17-14-11-8-2/h19,22,28,30-31,33-34,36-38,40,43,54,57,63-64H,7-18,20-21,23-27,29,32,35,39,41-42,44-53,55-56,58-62H2,1-6H3,(H-,67,69,71,72)/b22-19-,30-28-,34-33-,37-31+,38-36-,43-40+,57-54+. The fraction of sp³-hybridized carbons (Fsp3) is 0.758. The molecule has 0 heterocycles. The minimum absolute atomic E-state index is 0.0339. The summed E-state index contributed by atoms with van der Waals surface area (Å²) >= 11 is 0. The number of quaternary nitrogens is 1. The van der Waals surface area contributed by atoms with Gasteiger partial charge in [0, 0.05) is 12.8 Å². The van der Waals surface area contributed by atoms with Crippen molar-refractivity contribution in [2.75, 3.05) is 40.9 Å². The molecule has 10 heteroatoms. The smallest absolute Gasteiger partial charge is 0.306 e. The highest BCUT2D eigenvalue weighted by Gasteiger charge is 2.27. The molecule has 0 aromatic rings. The second-order valence-electron chi connectivity index (χ2n) is 22.2. The van der Waals surface area contributed by atoms with E-state index >= 15 is 0 Å². The Bertz CT molecular complexity index is 1580. The first kappa shape index (κ1) is 73.2. The van der Waals surface area contributed by atoms with Crippen LogP contribution in [-0.4, -0.2) is 69.4 Å². The van der Waals surface area contributed by atoms with E-state index in [-0.39, 0.29) is 31.3 Å². The van der Waals surface area contributed by atoms with Gasteiger partial charge >= 0.3 is 5.97 Å². The largest absolute Gasteiger partial charge is 0.756 e. The molecular weight excluding hydrogens is 964 g/mol. The van der Waals surface area contributed by atoms with E-state index in [4.69, 9.17) is 13.8 Å². The number of phosphoric acid groups is 1. The van der Waals surface area contributed by atoms with Gasteiger partial charge < -0.3 is 28.5 Å². The summed E-state index contributed by atoms with van der Waals surface area (Å²) in [6.45, 7) is 6.78. The van der Waals surface area contributed by atoms with E-state index < -0.39 is 26.6 Å². The second kappa shape index (κ2) is 55.5. The number of unbranched alkanes of at least 4 members (excludes halogenated alkanes) is 29. The number of hydrogen-bond acceptors (Lipinski definition) is 7. The third-order valence-electron chi connectivity index (χ3n) is 13.6. The lowest BCUT2D eigenvalue weighted by Gasteiger charge is -2.30. The van der Waals surface area contributed by atoms with Crippen LogP contribution in [0.1, 0.15) is 271 Å². The fourth-order valence-corrected chi connectivity index (χ4v) is 9.40. The van der Waals surface area contributed by atoms with Crippen LogP contribution in [0.15, 0.2) is 85.1 Å². The van der Waals surface area contributed by atoms with Crippen LogP contribution in [0, 0.1) is 0 Å². The summed E-state index contributed by atoms with van der Waals surface area (Å²) in [5.41, 5.74) is 0. The van der Waals surface area contributed by atoms with Crippen LogP contribution in [0.4, 0.5) is 0 Å². The lowest BCUT2D eigenvalue weighted by molar-refractivity contribution is -0.870. The molecule has 0 aliphatic rings. The molecule has 3 unspecified atom stereocenters. The number of nitrogens with zero attached hydrogens (tertiary/aromatic N) is 1. The second-order valence-corrected chi connectivity index (χ2v) is 23.6. The highest BCUT2D eigenvalue weighted by Crippen LogP contribution is 2.38. The molecule has 0 spiro atoms. The van der Waals surface area contributed by atoms with Crippen LogP contribution in [-0.2, 0) is 27.9 Å². The molecule has 76 heavy (non-hydrogen) atoms. The van der Waals surface area contributed by atoms with Gasteiger partial charge in [0.15, 0.2) is 0 Å². The van der Waals surface area contributed by atoms with E-state index in [1.807, 2.05) is 33.3 Å². The number of likely N-dealkylation sites (N-methyl/N-ethyl adjacent to an activating group) is 1. The maximum absolute atomic E-state index is 13.5. The van der Waals surface area contributed by atoms with Gasteiger partial charge in [0.1, 0.15) is 19.3 Å². The number of amides is 1. The molecule has 0 aliphatic heterocycles. The van der Waals surface area contributed by atoms with Gasteiger partial charge in [-0.3, -0.25) is 14.2 Å². The maximum Gasteiger partial charge on any atom is 0.306 e. The van der Waals surface area contributed by atoms with Gasteiger partial charge in [-0.05, 0) is 102 Å². The number of carbonyl (C=O) groups excluding carboxylic acids is 2. The third-order valence-corrected chi connectivity index (χ3v) is 14.5. The molecule has 0 aromatic carbocycles. The van der Waals surface area contributed by atoms with Crippen molar-refractivity contribution >= 4 is 19.7 Å². The zero-order valence-corrected chi connectivity index (χ0v) is 51.1. The maximum atomic E-state index is 13.5. The number of phosphoric ester groups is 1. The Balaban J connectivity index is 5.36. The predicted octanol–water partition coefficient (Wildman–Crippen LogP) is 18.8. The first-order valence-corrected chi connectivity index (χ1v) is 32.9. The number of ether oxygens (including phenoxy) is 1. The van der Waals surface area contributed by atoms with Gasteiger partial charge in [-0.15, -0.1) is 0 Å². The Kier molecular flexibility index (Phi) is 53.5. The van der Waals surface area contributed by atoms with Crippen molar-refractivity contribution < 1.29 is 37.3 Å². The topological polar surface area (TPSA) is 114 Å². The average Bonchev–Trinajstić information content (AvgIpc) is 3.38. The number of hydrogen-bond donors (Lipinski definition) is 1. The minimum atomic E-state index is -4.71. The van der Waals surface area contributed by atoms with E-state index in [9.17, 15) is 19.0 Å². The first-order valence-electron chi connectivity index (χ1n) is 31.4. The van der Waals surface area contributed by atoms with E-state index in [2.05, 4.69) is 99.0 Å². The molecule has 0 saturated carbocycles. The molecule has 0 bridgehead atoms. The minimum Gasteiger partial charge on any atom is -0.756 e. The Morgan fingerprint density at radius 1 is 0.474 bits per heavy atom. The summed E-state index contributed by atoms with van der Waals surface area (Å²) in [7, 11) is 1.15. The van der Waals surface area contributed by atoms with Gasteiger partial charge in [-0.2, -0.15) is 0 Å². The van der Waals surface area contributed by atoms with Crippen LogP contribution in [0.3, 0.4) is 0 Å².